The number of fused-ring (bicyclic) bond motifs is 1. The normalized spacial score (nSPS) is 23.2. The topological polar surface area (TPSA) is 55.1 Å². The molecule has 0 saturated heterocycles. The lowest BCUT2D eigenvalue weighted by Crippen LogP contribution is -2.42. The third-order valence-electron chi connectivity index (χ3n) is 4.79. The number of benzene rings is 2. The molecule has 1 unspecified atom stereocenters. The number of nitrogens with two attached hydrogens (primary N) is 1. The molecule has 0 spiro atoms. The van der Waals surface area contributed by atoms with Crippen molar-refractivity contribution in [2.24, 2.45) is 5.73 Å². The molecule has 0 heterocycles. The second kappa shape index (κ2) is 6.49. The van der Waals surface area contributed by atoms with Gasteiger partial charge in [0.1, 0.15) is 0 Å². The Morgan fingerprint density at radius 3 is 2.50 bits per heavy atom. The van der Waals surface area contributed by atoms with Crippen molar-refractivity contribution in [2.75, 3.05) is 0 Å². The van der Waals surface area contributed by atoms with Gasteiger partial charge in [0, 0.05) is 12.1 Å². The minimum atomic E-state index is -0.125. The predicted octanol–water partition coefficient (Wildman–Crippen LogP) is 3.33. The smallest absolute Gasteiger partial charge is 0.227 e. The molecule has 1 fully saturated rings. The van der Waals surface area contributed by atoms with E-state index >= 15 is 0 Å². The van der Waals surface area contributed by atoms with Crippen LogP contribution in [0.5, 0.6) is 0 Å². The summed E-state index contributed by atoms with van der Waals surface area (Å²) in [7, 11) is 0. The van der Waals surface area contributed by atoms with Crippen molar-refractivity contribution >= 4 is 16.7 Å². The number of amides is 1. The number of carbonyl (C=O) groups excluding carboxylic acids is 1. The minimum absolute atomic E-state index is 0.121. The molecule has 0 bridgehead atoms. The van der Waals surface area contributed by atoms with Gasteiger partial charge in [0.15, 0.2) is 0 Å². The average molecular weight is 296 g/mol. The van der Waals surface area contributed by atoms with Gasteiger partial charge in [-0.2, -0.15) is 0 Å². The van der Waals surface area contributed by atoms with E-state index < -0.39 is 0 Å². The Morgan fingerprint density at radius 2 is 1.77 bits per heavy atom. The number of hydrogen-bond acceptors (Lipinski definition) is 2. The molecule has 1 amide bonds. The Kier molecular flexibility index (Phi) is 4.44. The van der Waals surface area contributed by atoms with E-state index in [4.69, 9.17) is 5.73 Å². The van der Waals surface area contributed by atoms with Gasteiger partial charge in [-0.15, -0.1) is 0 Å². The molecule has 3 nitrogen and oxygen atoms in total. The molecule has 3 N–H and O–H groups in total. The summed E-state index contributed by atoms with van der Waals surface area (Å²) in [5.74, 6) is -0.00374. The second-order valence-corrected chi connectivity index (χ2v) is 6.45. The monoisotopic (exact) mass is 296 g/mol. The molecule has 1 aliphatic carbocycles. The van der Waals surface area contributed by atoms with Crippen LogP contribution in [0.4, 0.5) is 0 Å². The van der Waals surface area contributed by atoms with Crippen LogP contribution in [0.2, 0.25) is 0 Å². The zero-order valence-corrected chi connectivity index (χ0v) is 13.1. The number of carbonyl (C=O) groups is 1. The van der Waals surface area contributed by atoms with Crippen LogP contribution in [0.25, 0.3) is 10.8 Å². The molecule has 0 radical (unpaired) electrons. The van der Waals surface area contributed by atoms with Gasteiger partial charge < -0.3 is 11.1 Å². The summed E-state index contributed by atoms with van der Waals surface area (Å²) in [5.41, 5.74) is 6.99. The fraction of sp³-hybridized carbons (Fsp3) is 0.421. The Morgan fingerprint density at radius 1 is 1.09 bits per heavy atom. The van der Waals surface area contributed by atoms with Crippen LogP contribution in [0, 0.1) is 0 Å². The molecule has 0 aromatic heterocycles. The maximum absolute atomic E-state index is 12.5. The van der Waals surface area contributed by atoms with Crippen LogP contribution in [0.1, 0.15) is 44.1 Å². The van der Waals surface area contributed by atoms with Crippen LogP contribution in [-0.4, -0.2) is 18.0 Å². The third-order valence-corrected chi connectivity index (χ3v) is 4.79. The highest BCUT2D eigenvalue weighted by Gasteiger charge is 2.23. The van der Waals surface area contributed by atoms with Crippen molar-refractivity contribution in [2.45, 2.75) is 50.6 Å². The Bertz CT molecular complexity index is 659. The Hall–Kier alpha value is -1.87. The molecule has 1 atom stereocenters. The van der Waals surface area contributed by atoms with E-state index in [1.165, 1.54) is 10.8 Å². The maximum atomic E-state index is 12.5. The minimum Gasteiger partial charge on any atom is -0.353 e. The van der Waals surface area contributed by atoms with Gasteiger partial charge in [0.05, 0.1) is 5.92 Å². The summed E-state index contributed by atoms with van der Waals surface area (Å²) in [5, 5.41) is 5.58. The summed E-state index contributed by atoms with van der Waals surface area (Å²) in [6.45, 7) is 1.98. The van der Waals surface area contributed by atoms with Gasteiger partial charge in [-0.05, 0) is 48.9 Å². The zero-order valence-electron chi connectivity index (χ0n) is 13.1. The molecular weight excluding hydrogens is 272 g/mol. The van der Waals surface area contributed by atoms with E-state index in [1.54, 1.807) is 0 Å². The zero-order chi connectivity index (χ0) is 15.5. The summed E-state index contributed by atoms with van der Waals surface area (Å²) >= 11 is 0. The first-order valence-corrected chi connectivity index (χ1v) is 8.18. The Balaban J connectivity index is 1.68. The first-order chi connectivity index (χ1) is 10.6. The van der Waals surface area contributed by atoms with E-state index in [1.807, 2.05) is 19.1 Å². The average Bonchev–Trinajstić information content (AvgIpc) is 2.55. The highest BCUT2D eigenvalue weighted by Crippen LogP contribution is 2.23. The highest BCUT2D eigenvalue weighted by atomic mass is 16.1. The summed E-state index contributed by atoms with van der Waals surface area (Å²) in [6.07, 6.45) is 4.01. The van der Waals surface area contributed by atoms with Gasteiger partial charge in [0.25, 0.3) is 0 Å². The van der Waals surface area contributed by atoms with Gasteiger partial charge >= 0.3 is 0 Å². The van der Waals surface area contributed by atoms with E-state index in [-0.39, 0.29) is 17.9 Å². The van der Waals surface area contributed by atoms with E-state index in [0.717, 1.165) is 31.2 Å². The van der Waals surface area contributed by atoms with Crippen LogP contribution in [0.15, 0.2) is 42.5 Å². The van der Waals surface area contributed by atoms with Crippen LogP contribution < -0.4 is 11.1 Å². The molecular formula is C19H24N2O. The summed E-state index contributed by atoms with van der Waals surface area (Å²) < 4.78 is 0. The molecule has 0 aliphatic heterocycles. The molecule has 1 saturated carbocycles. The van der Waals surface area contributed by atoms with Crippen molar-refractivity contribution in [3.05, 3.63) is 48.0 Å². The lowest BCUT2D eigenvalue weighted by atomic mass is 9.90. The third kappa shape index (κ3) is 3.30. The van der Waals surface area contributed by atoms with Gasteiger partial charge in [0.2, 0.25) is 5.91 Å². The quantitative estimate of drug-likeness (QED) is 0.913. The van der Waals surface area contributed by atoms with Crippen molar-refractivity contribution in [1.29, 1.82) is 0 Å². The van der Waals surface area contributed by atoms with Crippen molar-refractivity contribution < 1.29 is 4.79 Å². The number of nitrogens with one attached hydrogen (secondary N) is 1. The molecule has 2 aromatic carbocycles. The summed E-state index contributed by atoms with van der Waals surface area (Å²) in [6, 6.07) is 15.1. The Labute approximate surface area is 131 Å². The van der Waals surface area contributed by atoms with E-state index in [9.17, 15) is 4.79 Å². The molecule has 116 valence electrons. The lowest BCUT2D eigenvalue weighted by molar-refractivity contribution is -0.123. The molecule has 3 rings (SSSR count). The molecule has 22 heavy (non-hydrogen) atoms. The van der Waals surface area contributed by atoms with Crippen molar-refractivity contribution in [3.8, 4) is 0 Å². The van der Waals surface area contributed by atoms with Gasteiger partial charge in [-0.1, -0.05) is 42.5 Å². The standard InChI is InChI=1S/C19H24N2O/c1-13(19(22)21-18-10-8-17(20)9-11-18)15-7-6-14-4-2-3-5-16(14)12-15/h2-7,12-13,17-18H,8-11,20H2,1H3,(H,21,22). The second-order valence-electron chi connectivity index (χ2n) is 6.45. The van der Waals surface area contributed by atoms with Crippen molar-refractivity contribution in [1.82, 2.24) is 5.32 Å². The number of hydrogen-bond donors (Lipinski definition) is 2. The number of rotatable bonds is 3. The predicted molar refractivity (Wildman–Crippen MR) is 90.7 cm³/mol. The maximum Gasteiger partial charge on any atom is 0.227 e. The van der Waals surface area contributed by atoms with Gasteiger partial charge in [-0.3, -0.25) is 4.79 Å². The molecule has 1 aliphatic rings. The summed E-state index contributed by atoms with van der Waals surface area (Å²) in [4.78, 5) is 12.5. The van der Waals surface area contributed by atoms with Crippen LogP contribution in [0.3, 0.4) is 0 Å². The fourth-order valence-corrected chi connectivity index (χ4v) is 3.22. The van der Waals surface area contributed by atoms with E-state index in [2.05, 4.69) is 35.6 Å². The van der Waals surface area contributed by atoms with Crippen LogP contribution >= 0.6 is 0 Å². The van der Waals surface area contributed by atoms with Crippen LogP contribution in [-0.2, 0) is 4.79 Å². The highest BCUT2D eigenvalue weighted by molar-refractivity contribution is 5.87. The molecule has 3 heteroatoms. The lowest BCUT2D eigenvalue weighted by Gasteiger charge is -2.28. The molecule has 2 aromatic rings. The largest absolute Gasteiger partial charge is 0.353 e. The van der Waals surface area contributed by atoms with Crippen molar-refractivity contribution in [3.63, 3.8) is 0 Å². The SMILES string of the molecule is CC(C(=O)NC1CCC(N)CC1)c1ccc2ccccc2c1. The van der Waals surface area contributed by atoms with Gasteiger partial charge in [-0.25, -0.2) is 0 Å². The fourth-order valence-electron chi connectivity index (χ4n) is 3.22. The van der Waals surface area contributed by atoms with E-state index in [0.29, 0.717) is 6.04 Å². The first kappa shape index (κ1) is 15.0. The first-order valence-electron chi connectivity index (χ1n) is 8.18.